The largest absolute Gasteiger partial charge is 0.481 e. The standard InChI is InChI=1S/C12H16N2O4S/c1-12(2,3)18-11(17)14-10-13-8-6(9(15)16)4-5-7(8)19-10/h6H,4-5H2,1-3H3,(H,15,16)(H,13,14,17). The zero-order chi connectivity index (χ0) is 14.2. The Kier molecular flexibility index (Phi) is 3.49. The van der Waals surface area contributed by atoms with Gasteiger partial charge in [0.05, 0.1) is 5.69 Å². The Labute approximate surface area is 114 Å². The van der Waals surface area contributed by atoms with Gasteiger partial charge in [0.15, 0.2) is 5.13 Å². The van der Waals surface area contributed by atoms with E-state index in [0.717, 1.165) is 4.88 Å². The lowest BCUT2D eigenvalue weighted by atomic mass is 10.1. The Hall–Kier alpha value is -1.63. The average Bonchev–Trinajstić information content (AvgIpc) is 2.71. The van der Waals surface area contributed by atoms with Crippen molar-refractivity contribution in [2.45, 2.75) is 45.1 Å². The molecule has 0 saturated heterocycles. The number of ether oxygens (including phenoxy) is 1. The normalized spacial score (nSPS) is 17.9. The Morgan fingerprint density at radius 2 is 2.16 bits per heavy atom. The number of hydrogen-bond donors (Lipinski definition) is 2. The van der Waals surface area contributed by atoms with E-state index in [1.165, 1.54) is 11.3 Å². The summed E-state index contributed by atoms with van der Waals surface area (Å²) < 4.78 is 5.12. The molecule has 1 unspecified atom stereocenters. The van der Waals surface area contributed by atoms with Crippen LogP contribution in [0.15, 0.2) is 0 Å². The highest BCUT2D eigenvalue weighted by Crippen LogP contribution is 2.38. The Morgan fingerprint density at radius 1 is 1.47 bits per heavy atom. The SMILES string of the molecule is CC(C)(C)OC(=O)Nc1nc2c(s1)CCC2C(=O)O. The fourth-order valence-corrected chi connectivity index (χ4v) is 2.94. The third kappa shape index (κ3) is 3.23. The van der Waals surface area contributed by atoms with Crippen molar-refractivity contribution in [1.82, 2.24) is 4.98 Å². The van der Waals surface area contributed by atoms with Crippen molar-refractivity contribution in [3.63, 3.8) is 0 Å². The first-order chi connectivity index (χ1) is 8.76. The van der Waals surface area contributed by atoms with Gasteiger partial charge in [0.25, 0.3) is 0 Å². The van der Waals surface area contributed by atoms with Crippen LogP contribution in [-0.4, -0.2) is 27.8 Å². The number of anilines is 1. The number of fused-ring (bicyclic) bond motifs is 1. The number of carbonyl (C=O) groups is 2. The fourth-order valence-electron chi connectivity index (χ4n) is 1.91. The summed E-state index contributed by atoms with van der Waals surface area (Å²) in [4.78, 5) is 27.7. The zero-order valence-corrected chi connectivity index (χ0v) is 11.8. The van der Waals surface area contributed by atoms with Crippen LogP contribution in [0.3, 0.4) is 0 Å². The molecule has 1 aromatic heterocycles. The molecule has 0 aliphatic heterocycles. The molecule has 1 atom stereocenters. The van der Waals surface area contributed by atoms with E-state index in [0.29, 0.717) is 23.7 Å². The van der Waals surface area contributed by atoms with Crippen molar-refractivity contribution in [3.8, 4) is 0 Å². The number of aromatic nitrogens is 1. The van der Waals surface area contributed by atoms with Gasteiger partial charge >= 0.3 is 12.1 Å². The highest BCUT2D eigenvalue weighted by molar-refractivity contribution is 7.16. The average molecular weight is 284 g/mol. The van der Waals surface area contributed by atoms with Gasteiger partial charge < -0.3 is 9.84 Å². The molecule has 1 heterocycles. The molecule has 2 rings (SSSR count). The number of amides is 1. The van der Waals surface area contributed by atoms with E-state index < -0.39 is 23.6 Å². The van der Waals surface area contributed by atoms with Crippen molar-refractivity contribution < 1.29 is 19.4 Å². The molecule has 6 nitrogen and oxygen atoms in total. The molecular weight excluding hydrogens is 268 g/mol. The van der Waals surface area contributed by atoms with E-state index in [4.69, 9.17) is 9.84 Å². The maximum atomic E-state index is 11.6. The molecule has 0 fully saturated rings. The molecule has 2 N–H and O–H groups in total. The van der Waals surface area contributed by atoms with E-state index in [1.54, 1.807) is 20.8 Å². The van der Waals surface area contributed by atoms with Crippen LogP contribution in [0.4, 0.5) is 9.93 Å². The second-order valence-electron chi connectivity index (χ2n) is 5.38. The van der Waals surface area contributed by atoms with Gasteiger partial charge in [0.2, 0.25) is 0 Å². The summed E-state index contributed by atoms with van der Waals surface area (Å²) in [5.41, 5.74) is -0.00298. The van der Waals surface area contributed by atoms with Crippen LogP contribution in [-0.2, 0) is 16.0 Å². The molecule has 0 spiro atoms. The van der Waals surface area contributed by atoms with E-state index in [9.17, 15) is 9.59 Å². The third-order valence-corrected chi connectivity index (χ3v) is 3.67. The first kappa shape index (κ1) is 13.8. The van der Waals surface area contributed by atoms with Gasteiger partial charge in [-0.1, -0.05) is 0 Å². The number of carboxylic acids is 1. The number of thiazole rings is 1. The monoisotopic (exact) mass is 284 g/mol. The predicted molar refractivity (Wildman–Crippen MR) is 70.7 cm³/mol. The van der Waals surface area contributed by atoms with Crippen LogP contribution in [0, 0.1) is 0 Å². The second kappa shape index (κ2) is 4.80. The van der Waals surface area contributed by atoms with Crippen LogP contribution >= 0.6 is 11.3 Å². The van der Waals surface area contributed by atoms with Gasteiger partial charge in [0, 0.05) is 4.88 Å². The van der Waals surface area contributed by atoms with E-state index in [1.807, 2.05) is 0 Å². The number of nitrogens with one attached hydrogen (secondary N) is 1. The van der Waals surface area contributed by atoms with Gasteiger partial charge in [-0.05, 0) is 33.6 Å². The number of carbonyl (C=O) groups excluding carboxylic acids is 1. The summed E-state index contributed by atoms with van der Waals surface area (Å²) in [6.45, 7) is 5.32. The lowest BCUT2D eigenvalue weighted by Gasteiger charge is -2.18. The summed E-state index contributed by atoms with van der Waals surface area (Å²) in [5.74, 6) is -1.42. The molecule has 0 aromatic carbocycles. The third-order valence-electron chi connectivity index (χ3n) is 2.62. The molecule has 104 valence electrons. The minimum Gasteiger partial charge on any atom is -0.481 e. The molecule has 0 saturated carbocycles. The van der Waals surface area contributed by atoms with Crippen molar-refractivity contribution in [1.29, 1.82) is 0 Å². The van der Waals surface area contributed by atoms with Crippen molar-refractivity contribution in [2.75, 3.05) is 5.32 Å². The number of hydrogen-bond acceptors (Lipinski definition) is 5. The highest BCUT2D eigenvalue weighted by Gasteiger charge is 2.32. The van der Waals surface area contributed by atoms with Gasteiger partial charge in [-0.15, -0.1) is 11.3 Å². The summed E-state index contributed by atoms with van der Waals surface area (Å²) in [6.07, 6.45) is 0.697. The summed E-state index contributed by atoms with van der Waals surface area (Å²) in [6, 6.07) is 0. The lowest BCUT2D eigenvalue weighted by Crippen LogP contribution is -2.27. The Balaban J connectivity index is 2.07. The smallest absolute Gasteiger partial charge is 0.413 e. The maximum absolute atomic E-state index is 11.6. The van der Waals surface area contributed by atoms with Gasteiger partial charge in [-0.3, -0.25) is 10.1 Å². The molecule has 0 bridgehead atoms. The lowest BCUT2D eigenvalue weighted by molar-refractivity contribution is -0.138. The van der Waals surface area contributed by atoms with Crippen molar-refractivity contribution in [3.05, 3.63) is 10.6 Å². The number of nitrogens with zero attached hydrogens (tertiary/aromatic N) is 1. The fraction of sp³-hybridized carbons (Fsp3) is 0.583. The topological polar surface area (TPSA) is 88.5 Å². The molecule has 7 heteroatoms. The molecule has 1 aromatic rings. The number of aliphatic carboxylic acids is 1. The predicted octanol–water partition coefficient (Wildman–Crippen LogP) is 2.60. The summed E-state index contributed by atoms with van der Waals surface area (Å²) in [7, 11) is 0. The van der Waals surface area contributed by atoms with Gasteiger partial charge in [0.1, 0.15) is 11.5 Å². The van der Waals surface area contributed by atoms with Gasteiger partial charge in [-0.2, -0.15) is 0 Å². The molecular formula is C12H16N2O4S. The summed E-state index contributed by atoms with van der Waals surface area (Å²) in [5, 5.41) is 12.0. The number of aryl methyl sites for hydroxylation is 1. The highest BCUT2D eigenvalue weighted by atomic mass is 32.1. The Bertz CT molecular complexity index is 518. The van der Waals surface area contributed by atoms with Crippen LogP contribution in [0.5, 0.6) is 0 Å². The van der Waals surface area contributed by atoms with E-state index in [-0.39, 0.29) is 0 Å². The maximum Gasteiger partial charge on any atom is 0.413 e. The first-order valence-electron chi connectivity index (χ1n) is 5.98. The van der Waals surface area contributed by atoms with E-state index in [2.05, 4.69) is 10.3 Å². The minimum atomic E-state index is -0.868. The molecule has 0 radical (unpaired) electrons. The molecule has 19 heavy (non-hydrogen) atoms. The van der Waals surface area contributed by atoms with Crippen molar-refractivity contribution >= 4 is 28.5 Å². The van der Waals surface area contributed by atoms with Crippen LogP contribution in [0.25, 0.3) is 0 Å². The number of carboxylic acid groups (broad SMARTS) is 1. The Morgan fingerprint density at radius 3 is 2.74 bits per heavy atom. The minimum absolute atomic E-state index is 0.394. The first-order valence-corrected chi connectivity index (χ1v) is 6.80. The number of rotatable bonds is 2. The molecule has 1 aliphatic carbocycles. The molecule has 1 amide bonds. The quantitative estimate of drug-likeness (QED) is 0.871. The van der Waals surface area contributed by atoms with Crippen LogP contribution in [0.1, 0.15) is 43.7 Å². The van der Waals surface area contributed by atoms with Crippen LogP contribution in [0.2, 0.25) is 0 Å². The van der Waals surface area contributed by atoms with Crippen molar-refractivity contribution in [2.24, 2.45) is 0 Å². The zero-order valence-electron chi connectivity index (χ0n) is 11.0. The summed E-state index contributed by atoms with van der Waals surface area (Å²) >= 11 is 1.31. The van der Waals surface area contributed by atoms with Crippen LogP contribution < -0.4 is 5.32 Å². The molecule has 1 aliphatic rings. The van der Waals surface area contributed by atoms with Gasteiger partial charge in [-0.25, -0.2) is 9.78 Å². The van der Waals surface area contributed by atoms with E-state index >= 15 is 0 Å². The second-order valence-corrected chi connectivity index (χ2v) is 6.47.